The number of rotatable bonds is 11. The normalized spacial score (nSPS) is 12.6. The van der Waals surface area contributed by atoms with Crippen molar-refractivity contribution in [2.75, 3.05) is 19.0 Å². The molecule has 29 heavy (non-hydrogen) atoms. The van der Waals surface area contributed by atoms with Gasteiger partial charge in [0.25, 0.3) is 0 Å². The number of unbranched alkanes of at least 4 members (excludes halogenated alkanes) is 7. The van der Waals surface area contributed by atoms with Crippen LogP contribution < -0.4 is 15.3 Å². The molecule has 0 fully saturated rings. The summed E-state index contributed by atoms with van der Waals surface area (Å²) in [6, 6.07) is 13.7. The fourth-order valence-corrected chi connectivity index (χ4v) is 3.79. The third-order valence-corrected chi connectivity index (χ3v) is 5.81. The molecule has 0 unspecified atom stereocenters. The highest BCUT2D eigenvalue weighted by atomic mass is 15.1. The Balaban J connectivity index is 2.20. The maximum absolute atomic E-state index is 2.45. The van der Waals surface area contributed by atoms with E-state index in [0.717, 1.165) is 6.42 Å². The Kier molecular flexibility index (Phi) is 10.0. The highest BCUT2D eigenvalue weighted by molar-refractivity contribution is 5.57. The molecule has 158 valence electrons. The Labute approximate surface area is 179 Å². The molecule has 0 atom stereocenters. The van der Waals surface area contributed by atoms with Crippen LogP contribution in [0.5, 0.6) is 0 Å². The van der Waals surface area contributed by atoms with Crippen LogP contribution >= 0.6 is 0 Å². The van der Waals surface area contributed by atoms with Crippen LogP contribution in [0.15, 0.2) is 36.4 Å². The maximum atomic E-state index is 2.45. The molecular formula is C28H41N. The molecule has 2 aromatic rings. The minimum Gasteiger partial charge on any atom is -0.378 e. The van der Waals surface area contributed by atoms with E-state index >= 15 is 0 Å². The van der Waals surface area contributed by atoms with Crippen LogP contribution in [-0.4, -0.2) is 14.1 Å². The highest BCUT2D eigenvalue weighted by Gasteiger charge is 1.99. The van der Waals surface area contributed by atoms with E-state index in [4.69, 9.17) is 0 Å². The number of hydrogen-bond donors (Lipinski definition) is 0. The van der Waals surface area contributed by atoms with Gasteiger partial charge in [0.05, 0.1) is 0 Å². The molecule has 0 N–H and O–H groups in total. The van der Waals surface area contributed by atoms with Crippen molar-refractivity contribution in [3.63, 3.8) is 0 Å². The van der Waals surface area contributed by atoms with E-state index in [0.29, 0.717) is 0 Å². The predicted molar refractivity (Wildman–Crippen MR) is 131 cm³/mol. The largest absolute Gasteiger partial charge is 0.378 e. The van der Waals surface area contributed by atoms with Gasteiger partial charge in [0.2, 0.25) is 0 Å². The van der Waals surface area contributed by atoms with Crippen LogP contribution in [0.2, 0.25) is 0 Å². The first-order valence-electron chi connectivity index (χ1n) is 11.6. The molecule has 1 nitrogen and oxygen atoms in total. The number of aryl methyl sites for hydroxylation is 2. The molecule has 0 aliphatic rings. The monoisotopic (exact) mass is 391 g/mol. The Morgan fingerprint density at radius 3 is 2.17 bits per heavy atom. The number of benzene rings is 2. The molecule has 1 heteroatoms. The van der Waals surface area contributed by atoms with E-state index < -0.39 is 0 Å². The van der Waals surface area contributed by atoms with Gasteiger partial charge in [-0.15, -0.1) is 0 Å². The van der Waals surface area contributed by atoms with Gasteiger partial charge < -0.3 is 4.90 Å². The van der Waals surface area contributed by atoms with Crippen LogP contribution in [0, 0.1) is 6.92 Å². The third-order valence-electron chi connectivity index (χ3n) is 5.81. The van der Waals surface area contributed by atoms with Crippen LogP contribution in [0.3, 0.4) is 0 Å². The molecular weight excluding hydrogens is 350 g/mol. The number of hydrogen-bond acceptors (Lipinski definition) is 1. The first kappa shape index (κ1) is 23.3. The molecule has 0 bridgehead atoms. The highest BCUT2D eigenvalue weighted by Crippen LogP contribution is 2.13. The summed E-state index contributed by atoms with van der Waals surface area (Å²) in [5, 5.41) is 2.69. The van der Waals surface area contributed by atoms with E-state index in [-0.39, 0.29) is 0 Å². The summed E-state index contributed by atoms with van der Waals surface area (Å²) in [7, 11) is 4.23. The minimum absolute atomic E-state index is 1.09. The van der Waals surface area contributed by atoms with Gasteiger partial charge >= 0.3 is 0 Å². The Morgan fingerprint density at radius 2 is 1.52 bits per heavy atom. The summed E-state index contributed by atoms with van der Waals surface area (Å²) in [6.45, 7) is 6.72. The molecule has 0 aliphatic heterocycles. The van der Waals surface area contributed by atoms with Crippen LogP contribution in [-0.2, 0) is 6.42 Å². The Morgan fingerprint density at radius 1 is 0.793 bits per heavy atom. The summed E-state index contributed by atoms with van der Waals surface area (Å²) in [5.41, 5.74) is 5.36. The average molecular weight is 392 g/mol. The van der Waals surface area contributed by atoms with Crippen LogP contribution in [0.4, 0.5) is 5.69 Å². The van der Waals surface area contributed by atoms with Crippen molar-refractivity contribution in [3.05, 3.63) is 63.5 Å². The van der Waals surface area contributed by atoms with Gasteiger partial charge in [0, 0.05) is 19.8 Å². The van der Waals surface area contributed by atoms with Crippen molar-refractivity contribution in [2.24, 2.45) is 0 Å². The molecule has 0 saturated heterocycles. The maximum Gasteiger partial charge on any atom is 0.0367 e. The summed E-state index contributed by atoms with van der Waals surface area (Å²) in [4.78, 5) is 2.19. The van der Waals surface area contributed by atoms with Crippen molar-refractivity contribution in [1.82, 2.24) is 0 Å². The van der Waals surface area contributed by atoms with Crippen LogP contribution in [0.1, 0.15) is 81.9 Å². The molecule has 0 heterocycles. The lowest BCUT2D eigenvalue weighted by atomic mass is 10.0. The van der Waals surface area contributed by atoms with Crippen molar-refractivity contribution in [1.29, 1.82) is 0 Å². The van der Waals surface area contributed by atoms with E-state index in [1.54, 1.807) is 0 Å². The summed E-state index contributed by atoms with van der Waals surface area (Å²) in [6.07, 6.45) is 16.6. The van der Waals surface area contributed by atoms with E-state index in [1.807, 2.05) is 0 Å². The zero-order valence-corrected chi connectivity index (χ0v) is 19.4. The lowest BCUT2D eigenvalue weighted by Gasteiger charge is -2.12. The second kappa shape index (κ2) is 12.5. The SMILES string of the molecule is CCCCCCCCC/C=c1\cc(N(C)C)cc\c1=C\c1ccc(CC)cc1C. The zero-order valence-electron chi connectivity index (χ0n) is 19.4. The first-order chi connectivity index (χ1) is 14.0. The molecule has 0 spiro atoms. The fraction of sp³-hybridized carbons (Fsp3) is 0.500. The topological polar surface area (TPSA) is 3.24 Å². The number of anilines is 1. The van der Waals surface area contributed by atoms with E-state index in [2.05, 4.69) is 88.3 Å². The van der Waals surface area contributed by atoms with E-state index in [1.165, 1.54) is 84.2 Å². The molecule has 0 aromatic heterocycles. The van der Waals surface area contributed by atoms with E-state index in [9.17, 15) is 0 Å². The quantitative estimate of drug-likeness (QED) is 0.402. The lowest BCUT2D eigenvalue weighted by Crippen LogP contribution is -2.26. The lowest BCUT2D eigenvalue weighted by molar-refractivity contribution is 0.595. The fourth-order valence-electron chi connectivity index (χ4n) is 3.79. The third kappa shape index (κ3) is 7.72. The standard InChI is InChI=1S/C28H41N/c1-6-8-9-10-11-12-13-14-15-26-22-28(29(4)5)19-18-27(26)21-25-17-16-24(7-2)20-23(25)3/h15-22H,6-14H2,1-5H3/b26-15+,27-21-. The molecule has 0 saturated carbocycles. The second-order valence-corrected chi connectivity index (χ2v) is 8.51. The van der Waals surface area contributed by atoms with Gasteiger partial charge in [-0.25, -0.2) is 0 Å². The summed E-state index contributed by atoms with van der Waals surface area (Å²) < 4.78 is 0. The molecule has 0 amide bonds. The van der Waals surface area contributed by atoms with Crippen molar-refractivity contribution in [3.8, 4) is 0 Å². The first-order valence-corrected chi connectivity index (χ1v) is 11.6. The van der Waals surface area contributed by atoms with Gasteiger partial charge in [-0.2, -0.15) is 0 Å². The zero-order chi connectivity index (χ0) is 21.1. The molecule has 0 radical (unpaired) electrons. The van der Waals surface area contributed by atoms with Crippen molar-refractivity contribution in [2.45, 2.75) is 78.6 Å². The molecule has 2 rings (SSSR count). The van der Waals surface area contributed by atoms with Gasteiger partial charge in [-0.1, -0.05) is 82.7 Å². The summed E-state index contributed by atoms with van der Waals surface area (Å²) >= 11 is 0. The van der Waals surface area contributed by atoms with Gasteiger partial charge in [0.15, 0.2) is 0 Å². The average Bonchev–Trinajstić information content (AvgIpc) is 2.72. The predicted octanol–water partition coefficient (Wildman–Crippen LogP) is 6.37. The molecule has 2 aromatic carbocycles. The van der Waals surface area contributed by atoms with Gasteiger partial charge in [-0.3, -0.25) is 0 Å². The minimum atomic E-state index is 1.09. The van der Waals surface area contributed by atoms with Crippen LogP contribution in [0.25, 0.3) is 12.2 Å². The Hall–Kier alpha value is -2.02. The summed E-state index contributed by atoms with van der Waals surface area (Å²) in [5.74, 6) is 0. The smallest absolute Gasteiger partial charge is 0.0367 e. The van der Waals surface area contributed by atoms with Crippen molar-refractivity contribution < 1.29 is 0 Å². The molecule has 0 aliphatic carbocycles. The number of nitrogens with zero attached hydrogens (tertiary/aromatic N) is 1. The van der Waals surface area contributed by atoms with Gasteiger partial charge in [0.1, 0.15) is 0 Å². The second-order valence-electron chi connectivity index (χ2n) is 8.51. The van der Waals surface area contributed by atoms with Gasteiger partial charge in [-0.05, 0) is 71.5 Å². The Bertz CT molecular complexity index is 860. The van der Waals surface area contributed by atoms with Crippen molar-refractivity contribution >= 4 is 17.8 Å².